The Kier molecular flexibility index (Phi) is 3.87. The molecular formula is C9H14O5S. The lowest BCUT2D eigenvalue weighted by Gasteiger charge is -2.18. The van der Waals surface area contributed by atoms with Gasteiger partial charge in [-0.2, -0.15) is 8.42 Å². The van der Waals surface area contributed by atoms with Crippen LogP contribution in [0.4, 0.5) is 0 Å². The molecule has 0 fully saturated rings. The molecule has 1 aliphatic carbocycles. The summed E-state index contributed by atoms with van der Waals surface area (Å²) in [6.07, 6.45) is 5.07. The fourth-order valence-electron chi connectivity index (χ4n) is 1.50. The van der Waals surface area contributed by atoms with E-state index in [1.54, 1.807) is 6.08 Å². The monoisotopic (exact) mass is 234 g/mol. The molecule has 0 radical (unpaired) electrons. The van der Waals surface area contributed by atoms with Crippen LogP contribution in [-0.4, -0.2) is 33.9 Å². The van der Waals surface area contributed by atoms with E-state index in [2.05, 4.69) is 4.74 Å². The van der Waals surface area contributed by atoms with E-state index in [4.69, 9.17) is 4.18 Å². The predicted molar refractivity (Wildman–Crippen MR) is 53.6 cm³/mol. The van der Waals surface area contributed by atoms with Crippen molar-refractivity contribution in [1.82, 2.24) is 0 Å². The van der Waals surface area contributed by atoms with Gasteiger partial charge in [-0.05, 0) is 12.8 Å². The maximum Gasteiger partial charge on any atom is 0.337 e. The maximum atomic E-state index is 11.3. The Labute approximate surface area is 89.2 Å². The first-order chi connectivity index (χ1) is 6.94. The lowest BCUT2D eigenvalue weighted by molar-refractivity contribution is -0.150. The number of carbonyl (C=O) groups excluding carboxylic acids is 1. The normalized spacial score (nSPS) is 22.7. The average Bonchev–Trinajstić information content (AvgIpc) is 2.64. The van der Waals surface area contributed by atoms with E-state index in [1.165, 1.54) is 7.11 Å². The Morgan fingerprint density at radius 2 is 2.20 bits per heavy atom. The molecule has 0 aliphatic heterocycles. The number of rotatable bonds is 4. The minimum Gasteiger partial charge on any atom is -0.467 e. The van der Waals surface area contributed by atoms with Gasteiger partial charge in [0.15, 0.2) is 6.10 Å². The topological polar surface area (TPSA) is 69.7 Å². The zero-order chi connectivity index (χ0) is 11.5. The highest BCUT2D eigenvalue weighted by atomic mass is 32.2. The first-order valence-corrected chi connectivity index (χ1v) is 6.38. The summed E-state index contributed by atoms with van der Waals surface area (Å²) in [6, 6.07) is 0. The summed E-state index contributed by atoms with van der Waals surface area (Å²) in [5, 5.41) is 0. The van der Waals surface area contributed by atoms with E-state index in [0.29, 0.717) is 6.42 Å². The molecule has 0 saturated heterocycles. The third-order valence-electron chi connectivity index (χ3n) is 2.15. The molecule has 6 heteroatoms. The number of carbonyl (C=O) groups is 1. The number of hydrogen-bond acceptors (Lipinski definition) is 5. The molecule has 1 unspecified atom stereocenters. The Hall–Kier alpha value is -0.880. The highest BCUT2D eigenvalue weighted by Gasteiger charge is 2.32. The van der Waals surface area contributed by atoms with Crippen molar-refractivity contribution in [2.45, 2.75) is 18.9 Å². The zero-order valence-corrected chi connectivity index (χ0v) is 9.49. The highest BCUT2D eigenvalue weighted by Crippen LogP contribution is 2.24. The van der Waals surface area contributed by atoms with Crippen LogP contribution in [0.2, 0.25) is 0 Å². The third-order valence-corrected chi connectivity index (χ3v) is 2.71. The Bertz CT molecular complexity index is 357. The number of ether oxygens (including phenoxy) is 1. The summed E-state index contributed by atoms with van der Waals surface area (Å²) in [4.78, 5) is 11.3. The molecule has 0 N–H and O–H groups in total. The molecule has 0 amide bonds. The van der Waals surface area contributed by atoms with Crippen LogP contribution in [-0.2, 0) is 23.8 Å². The second-order valence-electron chi connectivity index (χ2n) is 3.41. The summed E-state index contributed by atoms with van der Waals surface area (Å²) in [7, 11) is -2.44. The lowest BCUT2D eigenvalue weighted by atomic mass is 10.0. The van der Waals surface area contributed by atoms with Gasteiger partial charge in [0.25, 0.3) is 10.1 Å². The number of allylic oxidation sites excluding steroid dienone is 1. The smallest absolute Gasteiger partial charge is 0.337 e. The van der Waals surface area contributed by atoms with Crippen LogP contribution in [0.15, 0.2) is 12.2 Å². The molecule has 5 nitrogen and oxygen atoms in total. The van der Waals surface area contributed by atoms with Crippen LogP contribution in [0.1, 0.15) is 12.8 Å². The van der Waals surface area contributed by atoms with Crippen LogP contribution in [0.25, 0.3) is 0 Å². The zero-order valence-electron chi connectivity index (χ0n) is 8.67. The molecule has 2 atom stereocenters. The van der Waals surface area contributed by atoms with Crippen molar-refractivity contribution < 1.29 is 22.1 Å². The van der Waals surface area contributed by atoms with Crippen LogP contribution in [0.5, 0.6) is 0 Å². The van der Waals surface area contributed by atoms with E-state index in [9.17, 15) is 13.2 Å². The number of esters is 1. The first kappa shape index (κ1) is 12.2. The fourth-order valence-corrected chi connectivity index (χ4v) is 2.10. The van der Waals surface area contributed by atoms with Gasteiger partial charge in [-0.3, -0.25) is 4.18 Å². The molecule has 0 aromatic rings. The van der Waals surface area contributed by atoms with Gasteiger partial charge in [-0.15, -0.1) is 0 Å². The summed E-state index contributed by atoms with van der Waals surface area (Å²) in [6.45, 7) is 0. The van der Waals surface area contributed by atoms with Gasteiger partial charge in [0, 0.05) is 5.92 Å². The molecule has 15 heavy (non-hydrogen) atoms. The highest BCUT2D eigenvalue weighted by molar-refractivity contribution is 7.86. The SMILES string of the molecule is COC(=O)[C@H](OS(C)(=O)=O)C1C=CCC1. The molecule has 0 heterocycles. The van der Waals surface area contributed by atoms with Gasteiger partial charge in [0.1, 0.15) is 0 Å². The van der Waals surface area contributed by atoms with Crippen LogP contribution in [0, 0.1) is 5.92 Å². The first-order valence-electron chi connectivity index (χ1n) is 4.57. The largest absolute Gasteiger partial charge is 0.467 e. The predicted octanol–water partition coefficient (Wildman–Crippen LogP) is 0.470. The van der Waals surface area contributed by atoms with Gasteiger partial charge < -0.3 is 4.74 Å². The van der Waals surface area contributed by atoms with Gasteiger partial charge in [0.05, 0.1) is 13.4 Å². The second-order valence-corrected chi connectivity index (χ2v) is 5.01. The molecule has 0 bridgehead atoms. The maximum absolute atomic E-state index is 11.3. The van der Waals surface area contributed by atoms with Crippen molar-refractivity contribution >= 4 is 16.1 Å². The molecule has 0 saturated carbocycles. The van der Waals surface area contributed by atoms with E-state index in [-0.39, 0.29) is 5.92 Å². The second kappa shape index (κ2) is 4.76. The minimum absolute atomic E-state index is 0.216. The fraction of sp³-hybridized carbons (Fsp3) is 0.667. The van der Waals surface area contributed by atoms with Crippen molar-refractivity contribution in [1.29, 1.82) is 0 Å². The average molecular weight is 234 g/mol. The van der Waals surface area contributed by atoms with Crippen molar-refractivity contribution in [2.24, 2.45) is 5.92 Å². The van der Waals surface area contributed by atoms with Crippen molar-refractivity contribution in [2.75, 3.05) is 13.4 Å². The van der Waals surface area contributed by atoms with Crippen LogP contribution in [0.3, 0.4) is 0 Å². The lowest BCUT2D eigenvalue weighted by Crippen LogP contribution is -2.33. The van der Waals surface area contributed by atoms with Crippen LogP contribution >= 0.6 is 0 Å². The Balaban J connectivity index is 2.78. The number of methoxy groups -OCH3 is 1. The van der Waals surface area contributed by atoms with Crippen molar-refractivity contribution in [3.63, 3.8) is 0 Å². The van der Waals surface area contributed by atoms with E-state index in [0.717, 1.165) is 12.7 Å². The van der Waals surface area contributed by atoms with E-state index >= 15 is 0 Å². The summed E-state index contributed by atoms with van der Waals surface area (Å²) in [5.41, 5.74) is 0. The standard InChI is InChI=1S/C9H14O5S/c1-13-9(10)8(14-15(2,11)12)7-5-3-4-6-7/h3,5,7-8H,4,6H2,1-2H3/t7?,8-/m1/s1. The van der Waals surface area contributed by atoms with E-state index in [1.807, 2.05) is 6.08 Å². The van der Waals surface area contributed by atoms with Gasteiger partial charge in [-0.25, -0.2) is 4.79 Å². The van der Waals surface area contributed by atoms with E-state index < -0.39 is 22.2 Å². The molecule has 0 spiro atoms. The van der Waals surface area contributed by atoms with Crippen molar-refractivity contribution in [3.8, 4) is 0 Å². The third kappa shape index (κ3) is 3.64. The number of hydrogen-bond donors (Lipinski definition) is 0. The molecule has 0 aromatic carbocycles. The quantitative estimate of drug-likeness (QED) is 0.402. The summed E-state index contributed by atoms with van der Waals surface area (Å²) >= 11 is 0. The summed E-state index contributed by atoms with van der Waals surface area (Å²) in [5.74, 6) is -0.871. The Morgan fingerprint density at radius 1 is 1.53 bits per heavy atom. The minimum atomic E-state index is -3.65. The molecule has 1 aliphatic rings. The van der Waals surface area contributed by atoms with Gasteiger partial charge in [-0.1, -0.05) is 12.2 Å². The van der Waals surface area contributed by atoms with Gasteiger partial charge >= 0.3 is 5.97 Å². The van der Waals surface area contributed by atoms with Crippen molar-refractivity contribution in [3.05, 3.63) is 12.2 Å². The Morgan fingerprint density at radius 3 is 2.60 bits per heavy atom. The van der Waals surface area contributed by atoms with Gasteiger partial charge in [0.2, 0.25) is 0 Å². The molecule has 1 rings (SSSR count). The molecule has 0 aromatic heterocycles. The van der Waals surface area contributed by atoms with Crippen LogP contribution < -0.4 is 0 Å². The summed E-state index contributed by atoms with van der Waals surface area (Å²) < 4.78 is 31.2. The molecule has 86 valence electrons. The molecular weight excluding hydrogens is 220 g/mol.